The molecule has 0 radical (unpaired) electrons. The number of halogens is 4. The second-order valence-corrected chi connectivity index (χ2v) is 16.4. The van der Waals surface area contributed by atoms with Crippen LogP contribution >= 0.6 is 0 Å². The molecule has 4 fully saturated rings. The van der Waals surface area contributed by atoms with E-state index in [4.69, 9.17) is 9.47 Å². The molecule has 7 heterocycles. The predicted molar refractivity (Wildman–Crippen MR) is 203 cm³/mol. The summed E-state index contributed by atoms with van der Waals surface area (Å²) in [6.07, 6.45) is 5.95. The van der Waals surface area contributed by atoms with Crippen LogP contribution < -0.4 is 14.8 Å². The molecule has 10 rings (SSSR count). The molecule has 1 atom stereocenters. The molecule has 0 bridgehead atoms. The summed E-state index contributed by atoms with van der Waals surface area (Å²) in [5, 5.41) is 3.39. The molecule has 1 unspecified atom stereocenters. The van der Waals surface area contributed by atoms with Crippen LogP contribution in [0.5, 0.6) is 11.6 Å². The van der Waals surface area contributed by atoms with Crippen molar-refractivity contribution in [1.82, 2.24) is 34.6 Å². The molecule has 1 N–H and O–H groups in total. The average molecular weight is 812 g/mol. The quantitative estimate of drug-likeness (QED) is 0.140. The van der Waals surface area contributed by atoms with E-state index in [-0.39, 0.29) is 53.7 Å². The van der Waals surface area contributed by atoms with Crippen molar-refractivity contribution in [2.45, 2.75) is 44.4 Å². The topological polar surface area (TPSA) is 139 Å². The molecule has 2 aromatic carbocycles. The zero-order valence-electron chi connectivity index (χ0n) is 31.5. The van der Waals surface area contributed by atoms with Crippen LogP contribution in [0.4, 0.5) is 17.6 Å². The first-order chi connectivity index (χ1) is 28.4. The molecule has 4 amide bonds. The maximum Gasteiger partial charge on any atom is 0.319 e. The van der Waals surface area contributed by atoms with Crippen molar-refractivity contribution in [2.75, 3.05) is 45.9 Å². The SMILES string of the molecule is O=C1CCC(N2C(=O)c3cc(F)c(OCCN4CC5(C4)CN(C[C@H]4C[C@H](Oc6ncc(-c7ccc8c9cnccc9n(C(F)F)c8c7)cc6F)C4)C5)cc3C2=O)C(=O)N1. The number of piperidine rings is 1. The van der Waals surface area contributed by atoms with E-state index in [1.165, 1.54) is 24.5 Å². The van der Waals surface area contributed by atoms with Gasteiger partial charge in [-0.15, -0.1) is 0 Å². The number of ether oxygens (including phenoxy) is 2. The first-order valence-corrected chi connectivity index (χ1v) is 19.5. The van der Waals surface area contributed by atoms with Gasteiger partial charge in [-0.3, -0.25) is 43.8 Å². The number of nitrogens with one attached hydrogen (secondary N) is 1. The molecule has 13 nitrogen and oxygen atoms in total. The molecule has 5 aliphatic rings. The molecule has 5 aromatic rings. The molecule has 3 aromatic heterocycles. The molecule has 1 spiro atoms. The van der Waals surface area contributed by atoms with Gasteiger partial charge >= 0.3 is 6.55 Å². The van der Waals surface area contributed by atoms with Gasteiger partial charge < -0.3 is 14.4 Å². The number of alkyl halides is 2. The van der Waals surface area contributed by atoms with Gasteiger partial charge in [0, 0.05) is 86.0 Å². The lowest BCUT2D eigenvalue weighted by molar-refractivity contribution is -0.136. The molecular weight excluding hydrogens is 774 g/mol. The number of nitrogens with zero attached hydrogens (tertiary/aromatic N) is 6. The third kappa shape index (κ3) is 6.46. The van der Waals surface area contributed by atoms with Crippen LogP contribution in [0.15, 0.2) is 61.1 Å². The van der Waals surface area contributed by atoms with Crippen molar-refractivity contribution in [3.8, 4) is 22.8 Å². The largest absolute Gasteiger partial charge is 0.489 e. The number of amides is 4. The summed E-state index contributed by atoms with van der Waals surface area (Å²) in [7, 11) is 0. The Kier molecular flexibility index (Phi) is 8.93. The van der Waals surface area contributed by atoms with Crippen LogP contribution in [-0.4, -0.2) is 111 Å². The number of hydrogen-bond donors (Lipinski definition) is 1. The van der Waals surface area contributed by atoms with Crippen LogP contribution in [0, 0.1) is 23.0 Å². The third-order valence-corrected chi connectivity index (χ3v) is 12.3. The molecule has 3 saturated heterocycles. The first-order valence-electron chi connectivity index (χ1n) is 19.5. The fourth-order valence-corrected chi connectivity index (χ4v) is 9.55. The van der Waals surface area contributed by atoms with E-state index >= 15 is 4.39 Å². The zero-order chi connectivity index (χ0) is 40.7. The van der Waals surface area contributed by atoms with Gasteiger partial charge in [-0.2, -0.15) is 8.78 Å². The lowest BCUT2D eigenvalue weighted by atomic mass is 9.71. The van der Waals surface area contributed by atoms with Crippen LogP contribution in [0.25, 0.3) is 32.9 Å². The van der Waals surface area contributed by atoms with Crippen molar-refractivity contribution in [3.05, 3.63) is 83.8 Å². The van der Waals surface area contributed by atoms with Gasteiger partial charge in [0.2, 0.25) is 11.8 Å². The number of aromatic nitrogens is 3. The Bertz CT molecular complexity index is 2580. The Morgan fingerprint density at radius 2 is 1.61 bits per heavy atom. The third-order valence-electron chi connectivity index (χ3n) is 12.3. The first kappa shape index (κ1) is 37.3. The Morgan fingerprint density at radius 1 is 0.847 bits per heavy atom. The maximum absolute atomic E-state index is 15.2. The average Bonchev–Trinajstić information content (AvgIpc) is 3.62. The van der Waals surface area contributed by atoms with E-state index in [2.05, 4.69) is 25.1 Å². The van der Waals surface area contributed by atoms with E-state index in [1.807, 2.05) is 0 Å². The molecule has 1 aliphatic carbocycles. The van der Waals surface area contributed by atoms with Crippen molar-refractivity contribution in [3.63, 3.8) is 0 Å². The number of carbonyl (C=O) groups is 4. The summed E-state index contributed by atoms with van der Waals surface area (Å²) in [6.45, 7) is 2.58. The minimum Gasteiger partial charge on any atom is -0.489 e. The number of imide groups is 2. The molecule has 304 valence electrons. The Morgan fingerprint density at radius 3 is 2.36 bits per heavy atom. The van der Waals surface area contributed by atoms with Gasteiger partial charge in [-0.05, 0) is 61.1 Å². The van der Waals surface area contributed by atoms with Gasteiger partial charge in [0.05, 0.1) is 22.2 Å². The number of rotatable bonds is 11. The van der Waals surface area contributed by atoms with E-state index in [0.717, 1.165) is 61.1 Å². The zero-order valence-corrected chi connectivity index (χ0v) is 31.5. The number of pyridine rings is 2. The Hall–Kier alpha value is -5.94. The van der Waals surface area contributed by atoms with E-state index in [9.17, 15) is 32.3 Å². The van der Waals surface area contributed by atoms with Gasteiger partial charge in [-0.25, -0.2) is 13.8 Å². The van der Waals surface area contributed by atoms with Crippen LogP contribution in [-0.2, 0) is 9.59 Å². The van der Waals surface area contributed by atoms with E-state index in [1.54, 1.807) is 30.5 Å². The minimum atomic E-state index is -2.76. The van der Waals surface area contributed by atoms with E-state index < -0.39 is 47.9 Å². The summed E-state index contributed by atoms with van der Waals surface area (Å²) in [6, 6.07) is 9.01. The van der Waals surface area contributed by atoms with Gasteiger partial charge in [0.25, 0.3) is 17.7 Å². The second-order valence-electron chi connectivity index (χ2n) is 16.4. The minimum absolute atomic E-state index is 0.00904. The number of benzene rings is 2. The highest BCUT2D eigenvalue weighted by atomic mass is 19.3. The number of hydrogen-bond acceptors (Lipinski definition) is 10. The second kappa shape index (κ2) is 14.1. The molecule has 1 saturated carbocycles. The number of fused-ring (bicyclic) bond motifs is 4. The van der Waals surface area contributed by atoms with E-state index in [0.29, 0.717) is 45.4 Å². The maximum atomic E-state index is 15.2. The molecule has 17 heteroatoms. The summed E-state index contributed by atoms with van der Waals surface area (Å²) in [4.78, 5) is 63.6. The summed E-state index contributed by atoms with van der Waals surface area (Å²) in [5.41, 5.74) is 1.72. The van der Waals surface area contributed by atoms with Crippen molar-refractivity contribution < 1.29 is 46.2 Å². The number of likely N-dealkylation sites (tertiary alicyclic amines) is 2. The standard InChI is InChI=1S/C42H37F4N7O6/c43-30-13-27-28(40(57)53(39(27)56)33-3-4-36(54)49-37(33)55)14-35(30)58-8-7-50-18-42(19-50)20-51(21-42)17-22-9-25(10-22)59-38-31(44)11-24(15-48-38)23-1-2-26-29-16-47-6-5-32(29)52(41(45)46)34(26)12-23/h1-2,5-6,11-16,22,25,33,41H,3-4,7-10,17-21H2,(H,49,54,55)/t22-,25-,33?. The molecular formula is C42H37F4N7O6. The fourth-order valence-electron chi connectivity index (χ4n) is 9.55. The molecule has 59 heavy (non-hydrogen) atoms. The van der Waals surface area contributed by atoms with Crippen LogP contribution in [0.2, 0.25) is 0 Å². The summed E-state index contributed by atoms with van der Waals surface area (Å²) >= 11 is 0. The lowest BCUT2D eigenvalue weighted by Crippen LogP contribution is -2.72. The van der Waals surface area contributed by atoms with Crippen LogP contribution in [0.3, 0.4) is 0 Å². The van der Waals surface area contributed by atoms with Gasteiger partial charge in [0.15, 0.2) is 17.4 Å². The van der Waals surface area contributed by atoms with Crippen LogP contribution in [0.1, 0.15) is 52.9 Å². The highest BCUT2D eigenvalue weighted by molar-refractivity contribution is 6.23. The van der Waals surface area contributed by atoms with Crippen molar-refractivity contribution >= 4 is 45.4 Å². The van der Waals surface area contributed by atoms with Crippen molar-refractivity contribution in [2.24, 2.45) is 11.3 Å². The molecule has 4 aliphatic heterocycles. The smallest absolute Gasteiger partial charge is 0.319 e. The normalized spacial score (nSPS) is 22.8. The highest BCUT2D eigenvalue weighted by Gasteiger charge is 2.52. The lowest BCUT2D eigenvalue weighted by Gasteiger charge is -2.61. The Labute approximate surface area is 333 Å². The van der Waals surface area contributed by atoms with Crippen molar-refractivity contribution in [1.29, 1.82) is 0 Å². The monoisotopic (exact) mass is 811 g/mol. The summed E-state index contributed by atoms with van der Waals surface area (Å²) < 4.78 is 70.9. The highest BCUT2D eigenvalue weighted by Crippen LogP contribution is 2.42. The number of carbonyl (C=O) groups excluding carboxylic acids is 4. The summed E-state index contributed by atoms with van der Waals surface area (Å²) in [5.74, 6) is -3.91. The fraction of sp³-hybridized carbons (Fsp3) is 0.381. The Balaban J connectivity index is 0.663. The predicted octanol–water partition coefficient (Wildman–Crippen LogP) is 5.18. The van der Waals surface area contributed by atoms with Gasteiger partial charge in [0.1, 0.15) is 18.8 Å². The van der Waals surface area contributed by atoms with Gasteiger partial charge in [-0.1, -0.05) is 12.1 Å².